The number of carbonyl (C=O) groups is 1. The summed E-state index contributed by atoms with van der Waals surface area (Å²) in [4.78, 5) is 20.4. The number of nitrogens with zero attached hydrogens (tertiary/aromatic N) is 2. The number of hydrogen-bond donors (Lipinski definition) is 2. The van der Waals surface area contributed by atoms with E-state index in [9.17, 15) is 14.3 Å². The van der Waals surface area contributed by atoms with Crippen molar-refractivity contribution in [2.45, 2.75) is 13.5 Å². The Balaban J connectivity index is 1.90. The van der Waals surface area contributed by atoms with E-state index in [4.69, 9.17) is 33.7 Å². The van der Waals surface area contributed by atoms with Crippen LogP contribution in [0.25, 0.3) is 11.4 Å². The largest absolute Gasteiger partial charge is 0.508 e. The van der Waals surface area contributed by atoms with E-state index in [0.29, 0.717) is 5.56 Å². The normalized spacial score (nSPS) is 10.7. The number of benzene rings is 2. The fourth-order valence-corrected chi connectivity index (χ4v) is 2.77. The van der Waals surface area contributed by atoms with E-state index in [1.165, 1.54) is 18.2 Å². The fraction of sp³-hybridized carbons (Fsp3) is 0.105. The van der Waals surface area contributed by atoms with Gasteiger partial charge in [0.15, 0.2) is 11.5 Å². The molecule has 0 spiro atoms. The monoisotopic (exact) mass is 421 g/mol. The number of aryl methyl sites for hydroxylation is 1. The molecule has 0 radical (unpaired) electrons. The molecule has 2 aromatic carbocycles. The molecular weight excluding hydrogens is 408 g/mol. The Bertz CT molecular complexity index is 1080. The van der Waals surface area contributed by atoms with Crippen LogP contribution in [0, 0.1) is 12.7 Å². The van der Waals surface area contributed by atoms with Crippen LogP contribution >= 0.6 is 23.2 Å². The second-order valence-electron chi connectivity index (χ2n) is 5.91. The average Bonchev–Trinajstić information content (AvgIpc) is 2.63. The molecule has 3 rings (SSSR count). The van der Waals surface area contributed by atoms with E-state index in [2.05, 4.69) is 9.97 Å². The number of nitrogen functional groups attached to an aromatic ring is 1. The predicted octanol–water partition coefficient (Wildman–Crippen LogP) is 4.54. The summed E-state index contributed by atoms with van der Waals surface area (Å²) in [6.07, 6.45) is 0. The first-order valence-electron chi connectivity index (χ1n) is 8.00. The minimum Gasteiger partial charge on any atom is -0.508 e. The van der Waals surface area contributed by atoms with Gasteiger partial charge in [-0.25, -0.2) is 19.2 Å². The second-order valence-corrected chi connectivity index (χ2v) is 6.72. The highest BCUT2D eigenvalue weighted by molar-refractivity contribution is 6.35. The lowest BCUT2D eigenvalue weighted by atomic mass is 10.1. The van der Waals surface area contributed by atoms with Crippen LogP contribution < -0.4 is 5.73 Å². The van der Waals surface area contributed by atoms with Crippen molar-refractivity contribution in [3.05, 3.63) is 69.1 Å². The van der Waals surface area contributed by atoms with Crippen molar-refractivity contribution in [3.63, 3.8) is 0 Å². The van der Waals surface area contributed by atoms with Gasteiger partial charge in [0, 0.05) is 5.02 Å². The minimum atomic E-state index is -0.845. The molecule has 0 saturated heterocycles. The Kier molecular flexibility index (Phi) is 5.67. The van der Waals surface area contributed by atoms with Gasteiger partial charge in [-0.2, -0.15) is 0 Å². The highest BCUT2D eigenvalue weighted by Gasteiger charge is 2.21. The molecule has 1 heterocycles. The van der Waals surface area contributed by atoms with Gasteiger partial charge >= 0.3 is 5.97 Å². The van der Waals surface area contributed by atoms with Crippen molar-refractivity contribution in [3.8, 4) is 17.1 Å². The molecule has 0 amide bonds. The molecule has 3 aromatic rings. The van der Waals surface area contributed by atoms with Crippen molar-refractivity contribution in [1.82, 2.24) is 9.97 Å². The molecule has 0 aliphatic heterocycles. The molecule has 0 bridgehead atoms. The Morgan fingerprint density at radius 2 is 1.96 bits per heavy atom. The van der Waals surface area contributed by atoms with Crippen LogP contribution in [0.3, 0.4) is 0 Å². The number of aromatic hydroxyl groups is 1. The molecule has 6 nitrogen and oxygen atoms in total. The third-order valence-electron chi connectivity index (χ3n) is 3.93. The zero-order valence-corrected chi connectivity index (χ0v) is 16.1. The van der Waals surface area contributed by atoms with E-state index >= 15 is 0 Å². The average molecular weight is 422 g/mol. The third-order valence-corrected chi connectivity index (χ3v) is 4.53. The topological polar surface area (TPSA) is 98.3 Å². The van der Waals surface area contributed by atoms with E-state index in [0.717, 1.165) is 11.6 Å². The summed E-state index contributed by atoms with van der Waals surface area (Å²) in [5, 5.41) is 9.45. The first kappa shape index (κ1) is 19.9. The molecule has 3 N–H and O–H groups in total. The first-order chi connectivity index (χ1) is 13.3. The molecule has 0 atom stereocenters. The lowest BCUT2D eigenvalue weighted by Crippen LogP contribution is -2.12. The molecule has 28 heavy (non-hydrogen) atoms. The van der Waals surface area contributed by atoms with Crippen LogP contribution in [0.5, 0.6) is 5.75 Å². The number of phenols is 1. The quantitative estimate of drug-likeness (QED) is 0.599. The van der Waals surface area contributed by atoms with Gasteiger partial charge in [0.2, 0.25) is 0 Å². The maximum absolute atomic E-state index is 14.2. The van der Waals surface area contributed by atoms with Crippen LogP contribution in [0.1, 0.15) is 21.6 Å². The highest BCUT2D eigenvalue weighted by Crippen LogP contribution is 2.28. The van der Waals surface area contributed by atoms with Crippen molar-refractivity contribution >= 4 is 35.0 Å². The van der Waals surface area contributed by atoms with Crippen molar-refractivity contribution in [2.75, 3.05) is 5.73 Å². The molecule has 9 heteroatoms. The lowest BCUT2D eigenvalue weighted by Gasteiger charge is -2.11. The molecule has 1 aromatic heterocycles. The Morgan fingerprint density at radius 3 is 2.64 bits per heavy atom. The van der Waals surface area contributed by atoms with Crippen LogP contribution in [0.4, 0.5) is 10.2 Å². The number of nitrogens with two attached hydrogens (primary N) is 1. The maximum atomic E-state index is 14.2. The molecule has 0 saturated carbocycles. The number of ether oxygens (including phenoxy) is 1. The highest BCUT2D eigenvalue weighted by atomic mass is 35.5. The Labute approximate surface area is 169 Å². The summed E-state index contributed by atoms with van der Waals surface area (Å²) >= 11 is 11.8. The molecule has 0 aliphatic rings. The van der Waals surface area contributed by atoms with Crippen LogP contribution in [0.15, 0.2) is 36.4 Å². The number of phenolic OH excluding ortho intramolecular Hbond substituents is 1. The van der Waals surface area contributed by atoms with Gasteiger partial charge in [-0.1, -0.05) is 29.3 Å². The minimum absolute atomic E-state index is 0.0104. The second kappa shape index (κ2) is 8.00. The van der Waals surface area contributed by atoms with E-state index in [-0.39, 0.29) is 45.3 Å². The van der Waals surface area contributed by atoms with Crippen LogP contribution in [0.2, 0.25) is 10.0 Å². The standard InChI is InChI=1S/C19H14Cl2FN3O3/c1-9-6-12(26)4-2-10(9)8-28-19(27)16-15(21)17(23)25-18(24-16)13-5-3-11(20)7-14(13)22/h2-7,26H,8H2,1H3,(H2,23,24,25). The Morgan fingerprint density at radius 1 is 1.21 bits per heavy atom. The molecule has 0 unspecified atom stereocenters. The van der Waals surface area contributed by atoms with Gasteiger partial charge in [0.05, 0.1) is 5.56 Å². The number of hydrogen-bond acceptors (Lipinski definition) is 6. The number of anilines is 1. The Hall–Kier alpha value is -2.90. The van der Waals surface area contributed by atoms with Gasteiger partial charge < -0.3 is 15.6 Å². The summed E-state index contributed by atoms with van der Waals surface area (Å²) < 4.78 is 19.4. The molecular formula is C19H14Cl2FN3O3. The van der Waals surface area contributed by atoms with Gasteiger partial charge in [-0.05, 0) is 48.4 Å². The lowest BCUT2D eigenvalue weighted by molar-refractivity contribution is 0.0465. The summed E-state index contributed by atoms with van der Waals surface area (Å²) in [5.41, 5.74) is 6.91. The van der Waals surface area contributed by atoms with Crippen molar-refractivity contribution in [1.29, 1.82) is 0 Å². The summed E-state index contributed by atoms with van der Waals surface area (Å²) in [7, 11) is 0. The van der Waals surface area contributed by atoms with Gasteiger partial charge in [-0.15, -0.1) is 0 Å². The van der Waals surface area contributed by atoms with E-state index in [1.807, 2.05) is 0 Å². The zero-order chi connectivity index (χ0) is 20.4. The van der Waals surface area contributed by atoms with Gasteiger partial charge in [-0.3, -0.25) is 0 Å². The van der Waals surface area contributed by atoms with Crippen molar-refractivity contribution < 1.29 is 19.0 Å². The predicted molar refractivity (Wildman–Crippen MR) is 104 cm³/mol. The number of rotatable bonds is 4. The van der Waals surface area contributed by atoms with Gasteiger partial charge in [0.1, 0.15) is 29.0 Å². The molecule has 144 valence electrons. The van der Waals surface area contributed by atoms with Gasteiger partial charge in [0.25, 0.3) is 0 Å². The fourth-order valence-electron chi connectivity index (χ4n) is 2.44. The summed E-state index contributed by atoms with van der Waals surface area (Å²) in [5.74, 6) is -1.72. The van der Waals surface area contributed by atoms with Crippen molar-refractivity contribution in [2.24, 2.45) is 0 Å². The van der Waals surface area contributed by atoms with Crippen LogP contribution in [-0.2, 0) is 11.3 Å². The SMILES string of the molecule is Cc1cc(O)ccc1COC(=O)c1nc(-c2ccc(Cl)cc2F)nc(N)c1Cl. The summed E-state index contributed by atoms with van der Waals surface area (Å²) in [6, 6.07) is 8.57. The number of esters is 1. The maximum Gasteiger partial charge on any atom is 0.359 e. The molecule has 0 fully saturated rings. The third kappa shape index (κ3) is 4.16. The first-order valence-corrected chi connectivity index (χ1v) is 8.76. The number of aromatic nitrogens is 2. The smallest absolute Gasteiger partial charge is 0.359 e. The number of carbonyl (C=O) groups excluding carboxylic acids is 1. The summed E-state index contributed by atoms with van der Waals surface area (Å²) in [6.45, 7) is 1.69. The zero-order valence-electron chi connectivity index (χ0n) is 14.5. The molecule has 0 aliphatic carbocycles. The van der Waals surface area contributed by atoms with E-state index in [1.54, 1.807) is 19.1 Å². The number of halogens is 3. The van der Waals surface area contributed by atoms with E-state index < -0.39 is 11.8 Å². The van der Waals surface area contributed by atoms with Crippen LogP contribution in [-0.4, -0.2) is 21.0 Å².